The Bertz CT molecular complexity index is 942. The van der Waals surface area contributed by atoms with Gasteiger partial charge in [0.25, 0.3) is 0 Å². The normalized spacial score (nSPS) is 8.38. The maximum atomic E-state index is 4.81. The quantitative estimate of drug-likeness (QED) is 0.591. The van der Waals surface area contributed by atoms with E-state index in [0.29, 0.717) is 0 Å². The van der Waals surface area contributed by atoms with Crippen LogP contribution in [0.4, 0.5) is 0 Å². The molecule has 0 heteroatoms. The van der Waals surface area contributed by atoms with E-state index in [1.54, 1.807) is 0 Å². The monoisotopic (exact) mass is 312 g/mol. The summed E-state index contributed by atoms with van der Waals surface area (Å²) in [6, 6.07) is 15.2. The van der Waals surface area contributed by atoms with Crippen LogP contribution in [0.15, 0.2) is 42.5 Å². The molecule has 0 unspecified atom stereocenters. The van der Waals surface area contributed by atoms with Crippen LogP contribution in [0, 0.1) is 60.2 Å². The molecule has 0 atom stereocenters. The number of rotatable bonds is 0. The van der Waals surface area contributed by atoms with Crippen molar-refractivity contribution in [3.8, 4) is 60.2 Å². The molecule has 0 saturated carbocycles. The summed E-state index contributed by atoms with van der Waals surface area (Å²) in [5, 5.41) is 2.65. The topological polar surface area (TPSA) is 0 Å². The van der Waals surface area contributed by atoms with Crippen LogP contribution in [0.2, 0.25) is 0 Å². The van der Waals surface area contributed by atoms with E-state index in [1.807, 2.05) is 0 Å². The van der Waals surface area contributed by atoms with Crippen LogP contribution >= 0.6 is 0 Å². The Labute approximate surface area is 150 Å². The van der Waals surface area contributed by atoms with Crippen molar-refractivity contribution in [3.63, 3.8) is 0 Å². The Morgan fingerprint density at radius 2 is 1.21 bits per heavy atom. The maximum Gasteiger partial charge on any atom is 0 e. The van der Waals surface area contributed by atoms with Gasteiger partial charge in [-0.2, -0.15) is 0 Å². The van der Waals surface area contributed by atoms with Crippen molar-refractivity contribution >= 4 is 10.8 Å². The lowest BCUT2D eigenvalue weighted by molar-refractivity contribution is 0.591. The average Bonchev–Trinajstić information content (AvgIpc) is 2.57. The zero-order valence-electron chi connectivity index (χ0n) is 14.2. The molecule has 0 aliphatic heterocycles. The number of terminal acetylenes is 2. The van der Waals surface area contributed by atoms with E-state index in [2.05, 4.69) is 111 Å². The van der Waals surface area contributed by atoms with E-state index < -0.39 is 0 Å². The van der Waals surface area contributed by atoms with E-state index >= 15 is 0 Å². The van der Waals surface area contributed by atoms with Gasteiger partial charge in [-0.3, -0.25) is 0 Å². The van der Waals surface area contributed by atoms with Crippen molar-refractivity contribution in [2.45, 2.75) is 26.2 Å². The summed E-state index contributed by atoms with van der Waals surface area (Å²) in [4.78, 5) is 0. The van der Waals surface area contributed by atoms with Gasteiger partial charge in [0.2, 0.25) is 0 Å². The van der Waals surface area contributed by atoms with Crippen LogP contribution in [0.5, 0.6) is 0 Å². The van der Waals surface area contributed by atoms with Gasteiger partial charge in [-0.1, -0.05) is 63.2 Å². The molecule has 0 heterocycles. The molecule has 0 saturated heterocycles. The molecule has 2 aromatic carbocycles. The third kappa shape index (κ3) is 6.51. The first kappa shape index (κ1) is 18.5. The summed E-state index contributed by atoms with van der Waals surface area (Å²) in [7, 11) is 0. The van der Waals surface area contributed by atoms with Crippen molar-refractivity contribution in [3.05, 3.63) is 48.0 Å². The first-order valence-corrected chi connectivity index (χ1v) is 7.39. The lowest BCUT2D eigenvalue weighted by Crippen LogP contribution is -2.10. The van der Waals surface area contributed by atoms with Crippen LogP contribution in [-0.4, -0.2) is 0 Å². The summed E-state index contributed by atoms with van der Waals surface area (Å²) in [5.74, 6) is 18.4. The molecule has 0 aromatic heterocycles. The molecule has 0 radical (unpaired) electrons. The third-order valence-corrected chi connectivity index (χ3v) is 3.07. The molecular weight excluding hydrogens is 288 g/mol. The molecule has 120 valence electrons. The number of benzene rings is 2. The Morgan fingerprint density at radius 3 is 1.71 bits per heavy atom. The molecule has 0 bridgehead atoms. The Morgan fingerprint density at radius 1 is 0.708 bits per heavy atom. The first-order chi connectivity index (χ1) is 11.5. The fourth-order valence-electron chi connectivity index (χ4n) is 1.85. The second-order valence-corrected chi connectivity index (χ2v) is 5.85. The van der Waals surface area contributed by atoms with Crippen LogP contribution in [0.1, 0.15) is 30.6 Å². The Kier molecular flexibility index (Phi) is 7.34. The second-order valence-electron chi connectivity index (χ2n) is 5.85. The zero-order chi connectivity index (χ0) is 17.8. The molecule has 0 N–H and O–H groups in total. The smallest absolute Gasteiger partial charge is 0 e. The predicted octanol–water partition coefficient (Wildman–Crippen LogP) is 5.14. The van der Waals surface area contributed by atoms with Crippen LogP contribution in [0.25, 0.3) is 10.8 Å². The fraction of sp³-hybridized carbons (Fsp3) is 0.167. The van der Waals surface area contributed by atoms with E-state index in [-0.39, 0.29) is 9.69 Å². The average molecular weight is 312 g/mol. The fourth-order valence-corrected chi connectivity index (χ4v) is 1.85. The van der Waals surface area contributed by atoms with Crippen molar-refractivity contribution in [1.29, 1.82) is 0 Å². The van der Waals surface area contributed by atoms with Crippen molar-refractivity contribution < 1.29 is 4.28 Å². The number of fused-ring (bicyclic) bond motifs is 1. The minimum atomic E-state index is 0. The van der Waals surface area contributed by atoms with Crippen molar-refractivity contribution in [2.75, 3.05) is 0 Å². The highest BCUT2D eigenvalue weighted by molar-refractivity contribution is 5.83. The summed E-state index contributed by atoms with van der Waals surface area (Å²) in [6.45, 7) is 6.74. The second kappa shape index (κ2) is 9.50. The molecule has 0 aliphatic carbocycles. The molecule has 24 heavy (non-hydrogen) atoms. The summed E-state index contributed by atoms with van der Waals surface area (Å²) in [5.41, 5.74) is 1.64. The molecule has 0 fully saturated rings. The largest absolute Gasteiger partial charge is 0.106 e. The van der Waals surface area contributed by atoms with Crippen molar-refractivity contribution in [2.24, 2.45) is 0 Å². The summed E-state index contributed by atoms with van der Waals surface area (Å²) < 4.78 is 0. The molecule has 0 amide bonds. The molecule has 2 rings (SSSR count). The van der Waals surface area contributed by atoms with E-state index in [0.717, 1.165) is 0 Å². The minimum Gasteiger partial charge on any atom is -0.106 e. The Hall–Kier alpha value is -3.50. The van der Waals surface area contributed by atoms with Gasteiger partial charge in [-0.25, -0.2) is 0 Å². The number of hydrogen-bond acceptors (Lipinski definition) is 0. The van der Waals surface area contributed by atoms with Crippen LogP contribution in [0.3, 0.4) is 0 Å². The molecule has 0 aliphatic rings. The van der Waals surface area contributed by atoms with Crippen LogP contribution < -0.4 is 0 Å². The van der Waals surface area contributed by atoms with Crippen LogP contribution in [-0.2, 0) is 5.41 Å². The molecule has 0 spiro atoms. The third-order valence-electron chi connectivity index (χ3n) is 3.07. The molecule has 0 nitrogen and oxygen atoms in total. The minimum absolute atomic E-state index is 0. The number of hydrogen-bond donors (Lipinski definition) is 0. The maximum absolute atomic E-state index is 4.81. The van der Waals surface area contributed by atoms with Gasteiger partial charge in [-0.05, 0) is 69.1 Å². The van der Waals surface area contributed by atoms with Crippen molar-refractivity contribution in [1.82, 2.24) is 0 Å². The van der Waals surface area contributed by atoms with Gasteiger partial charge in [0, 0.05) is 4.28 Å². The van der Waals surface area contributed by atoms with E-state index in [9.17, 15) is 0 Å². The van der Waals surface area contributed by atoms with Gasteiger partial charge < -0.3 is 0 Å². The van der Waals surface area contributed by atoms with Gasteiger partial charge in [0.1, 0.15) is 0 Å². The highest BCUT2D eigenvalue weighted by Crippen LogP contribution is 2.25. The molecular formula is C24H24. The SMILES string of the molecule is C#CC#CC#CC#CC#C.CC(C)(C)c1ccc2ccccc2c1.[HH].[HH].[HH]. The first-order valence-electron chi connectivity index (χ1n) is 7.39. The van der Waals surface area contributed by atoms with E-state index in [1.165, 1.54) is 16.3 Å². The Balaban J connectivity index is -0.000000404. The lowest BCUT2D eigenvalue weighted by Gasteiger charge is -2.19. The highest BCUT2D eigenvalue weighted by atomic mass is 14.2. The highest BCUT2D eigenvalue weighted by Gasteiger charge is 2.13. The van der Waals surface area contributed by atoms with Gasteiger partial charge in [-0.15, -0.1) is 12.8 Å². The zero-order valence-corrected chi connectivity index (χ0v) is 14.2. The standard InChI is InChI=1S/C14H16.C10H2.3H2/c1-14(2,3)13-9-8-11-6-4-5-7-12(11)10-13;1-3-5-7-9-10-8-6-4-2;;;/h4-10H,1-3H3;1-2H;3*1H. The summed E-state index contributed by atoms with van der Waals surface area (Å²) >= 11 is 0. The lowest BCUT2D eigenvalue weighted by atomic mass is 9.86. The molecule has 2 aromatic rings. The van der Waals surface area contributed by atoms with Gasteiger partial charge >= 0.3 is 0 Å². The van der Waals surface area contributed by atoms with E-state index in [4.69, 9.17) is 12.8 Å². The van der Waals surface area contributed by atoms with Gasteiger partial charge in [0.15, 0.2) is 0 Å². The summed E-state index contributed by atoms with van der Waals surface area (Å²) in [6.07, 6.45) is 9.62. The van der Waals surface area contributed by atoms with Gasteiger partial charge in [0.05, 0.1) is 0 Å². The predicted molar refractivity (Wildman–Crippen MR) is 110 cm³/mol.